The summed E-state index contributed by atoms with van der Waals surface area (Å²) >= 11 is 1.80. The number of sulfone groups is 1. The first-order valence-corrected chi connectivity index (χ1v) is 8.96. The highest BCUT2D eigenvalue weighted by Crippen LogP contribution is 2.34. The van der Waals surface area contributed by atoms with Gasteiger partial charge in [-0.05, 0) is 29.9 Å². The lowest BCUT2D eigenvalue weighted by atomic mass is 9.93. The third-order valence-corrected chi connectivity index (χ3v) is 7.05. The zero-order valence-electron chi connectivity index (χ0n) is 10.3. The van der Waals surface area contributed by atoms with Gasteiger partial charge in [-0.25, -0.2) is 8.42 Å². The number of thiophene rings is 1. The van der Waals surface area contributed by atoms with Crippen molar-refractivity contribution in [1.29, 1.82) is 0 Å². The summed E-state index contributed by atoms with van der Waals surface area (Å²) in [5.74, 6) is 0.521. The predicted molar refractivity (Wildman–Crippen MR) is 73.5 cm³/mol. The first-order valence-electron chi connectivity index (χ1n) is 6.25. The minimum absolute atomic E-state index is 0.232. The van der Waals surface area contributed by atoms with Crippen LogP contribution >= 0.6 is 11.3 Å². The second-order valence-corrected chi connectivity index (χ2v) is 8.50. The van der Waals surface area contributed by atoms with Crippen LogP contribution in [0.4, 0.5) is 0 Å². The highest BCUT2D eigenvalue weighted by Gasteiger charge is 2.46. The molecule has 0 radical (unpaired) electrons. The molecule has 0 bridgehead atoms. The van der Waals surface area contributed by atoms with E-state index >= 15 is 0 Å². The van der Waals surface area contributed by atoms with Gasteiger partial charge >= 0.3 is 0 Å². The predicted octanol–water partition coefficient (Wildman–Crippen LogP) is 0.622. The van der Waals surface area contributed by atoms with Crippen LogP contribution in [0.1, 0.15) is 16.9 Å². The Labute approximate surface area is 112 Å². The van der Waals surface area contributed by atoms with E-state index in [0.29, 0.717) is 13.0 Å². The monoisotopic (exact) mass is 286 g/mol. The van der Waals surface area contributed by atoms with Gasteiger partial charge in [0.25, 0.3) is 0 Å². The lowest BCUT2D eigenvalue weighted by molar-refractivity contribution is 0.102. The van der Waals surface area contributed by atoms with Gasteiger partial charge in [0.15, 0.2) is 9.84 Å². The van der Waals surface area contributed by atoms with Crippen LogP contribution in [0.25, 0.3) is 0 Å². The fraction of sp³-hybridized carbons (Fsp3) is 0.667. The summed E-state index contributed by atoms with van der Waals surface area (Å²) in [6.07, 6.45) is 1.71. The molecule has 0 aliphatic carbocycles. The summed E-state index contributed by atoms with van der Waals surface area (Å²) in [5.41, 5.74) is 6.94. The molecule has 1 saturated heterocycles. The summed E-state index contributed by atoms with van der Waals surface area (Å²) in [6.45, 7) is 2.22. The SMILES string of the molecule is NCC1(N2CCc3sccc3C2)CCS(=O)(=O)C1. The van der Waals surface area contributed by atoms with Gasteiger partial charge in [-0.15, -0.1) is 11.3 Å². The number of rotatable bonds is 2. The molecule has 1 aromatic rings. The van der Waals surface area contributed by atoms with Crippen LogP contribution in [0.3, 0.4) is 0 Å². The van der Waals surface area contributed by atoms with E-state index in [-0.39, 0.29) is 17.0 Å². The van der Waals surface area contributed by atoms with Gasteiger partial charge in [-0.3, -0.25) is 4.90 Å². The summed E-state index contributed by atoms with van der Waals surface area (Å²) in [4.78, 5) is 3.74. The minimum atomic E-state index is -2.90. The average Bonchev–Trinajstić information content (AvgIpc) is 2.92. The second-order valence-electron chi connectivity index (χ2n) is 5.31. The Bertz CT molecular complexity index is 552. The van der Waals surface area contributed by atoms with E-state index in [0.717, 1.165) is 19.5 Å². The van der Waals surface area contributed by atoms with Crippen molar-refractivity contribution in [1.82, 2.24) is 4.90 Å². The van der Waals surface area contributed by atoms with Crippen molar-refractivity contribution in [2.75, 3.05) is 24.6 Å². The molecule has 1 aromatic heterocycles. The van der Waals surface area contributed by atoms with E-state index in [1.165, 1.54) is 10.4 Å². The first kappa shape index (κ1) is 12.6. The molecule has 2 aliphatic rings. The van der Waals surface area contributed by atoms with Gasteiger partial charge in [0.1, 0.15) is 0 Å². The normalized spacial score (nSPS) is 31.4. The molecular formula is C12H18N2O2S2. The third kappa shape index (κ3) is 2.01. The topological polar surface area (TPSA) is 63.4 Å². The van der Waals surface area contributed by atoms with Crippen molar-refractivity contribution >= 4 is 21.2 Å². The Balaban J connectivity index is 1.87. The Morgan fingerprint density at radius 3 is 3.00 bits per heavy atom. The number of nitrogens with zero attached hydrogens (tertiary/aromatic N) is 1. The van der Waals surface area contributed by atoms with Crippen molar-refractivity contribution in [3.05, 3.63) is 21.9 Å². The first-order chi connectivity index (χ1) is 8.55. The van der Waals surface area contributed by atoms with E-state index in [4.69, 9.17) is 5.73 Å². The molecule has 3 heterocycles. The molecule has 2 N–H and O–H groups in total. The molecule has 100 valence electrons. The quantitative estimate of drug-likeness (QED) is 0.866. The zero-order chi connectivity index (χ0) is 12.8. The van der Waals surface area contributed by atoms with E-state index in [1.807, 2.05) is 0 Å². The standard InChI is InChI=1S/C12H18N2O2S2/c13-8-12(3-6-18(15,16)9-12)14-4-1-11-10(7-14)2-5-17-11/h2,5H,1,3-4,6-9,13H2. The number of hydrogen-bond acceptors (Lipinski definition) is 5. The van der Waals surface area contributed by atoms with Crippen molar-refractivity contribution in [3.8, 4) is 0 Å². The fourth-order valence-corrected chi connectivity index (χ4v) is 6.08. The average molecular weight is 286 g/mol. The molecule has 0 aromatic carbocycles. The van der Waals surface area contributed by atoms with Gasteiger partial charge in [0.2, 0.25) is 0 Å². The summed E-state index contributed by atoms with van der Waals surface area (Å²) in [6, 6.07) is 2.15. The maximum absolute atomic E-state index is 11.8. The molecule has 0 spiro atoms. The van der Waals surface area contributed by atoms with Crippen LogP contribution in [-0.4, -0.2) is 43.5 Å². The Kier molecular flexibility index (Phi) is 3.01. The van der Waals surface area contributed by atoms with Gasteiger partial charge in [-0.2, -0.15) is 0 Å². The van der Waals surface area contributed by atoms with E-state index in [1.54, 1.807) is 11.3 Å². The number of hydrogen-bond donors (Lipinski definition) is 1. The number of nitrogens with two attached hydrogens (primary N) is 1. The van der Waals surface area contributed by atoms with E-state index in [2.05, 4.69) is 16.3 Å². The highest BCUT2D eigenvalue weighted by atomic mass is 32.2. The summed E-state index contributed by atoms with van der Waals surface area (Å²) < 4.78 is 23.5. The van der Waals surface area contributed by atoms with Crippen molar-refractivity contribution in [3.63, 3.8) is 0 Å². The maximum atomic E-state index is 11.8. The van der Waals surface area contributed by atoms with Crippen LogP contribution in [0.2, 0.25) is 0 Å². The lowest BCUT2D eigenvalue weighted by Gasteiger charge is -2.41. The van der Waals surface area contributed by atoms with E-state index in [9.17, 15) is 8.42 Å². The maximum Gasteiger partial charge on any atom is 0.152 e. The summed E-state index contributed by atoms with van der Waals surface area (Å²) in [5, 5.41) is 2.12. The molecule has 1 unspecified atom stereocenters. The largest absolute Gasteiger partial charge is 0.329 e. The van der Waals surface area contributed by atoms with Gasteiger partial charge in [-0.1, -0.05) is 0 Å². The van der Waals surface area contributed by atoms with Crippen LogP contribution in [0.15, 0.2) is 11.4 Å². The molecule has 6 heteroatoms. The fourth-order valence-electron chi connectivity index (χ4n) is 3.09. The molecule has 3 rings (SSSR count). The van der Waals surface area contributed by atoms with Crippen LogP contribution in [0, 0.1) is 0 Å². The molecule has 1 atom stereocenters. The molecular weight excluding hydrogens is 268 g/mol. The van der Waals surface area contributed by atoms with Gasteiger partial charge < -0.3 is 5.73 Å². The van der Waals surface area contributed by atoms with Crippen LogP contribution < -0.4 is 5.73 Å². The lowest BCUT2D eigenvalue weighted by Crippen LogP contribution is -2.56. The minimum Gasteiger partial charge on any atom is -0.329 e. The Hall–Kier alpha value is -0.430. The van der Waals surface area contributed by atoms with Gasteiger partial charge in [0.05, 0.1) is 11.5 Å². The van der Waals surface area contributed by atoms with Crippen molar-refractivity contribution in [2.24, 2.45) is 5.73 Å². The van der Waals surface area contributed by atoms with Crippen molar-refractivity contribution < 1.29 is 8.42 Å². The van der Waals surface area contributed by atoms with Crippen molar-refractivity contribution in [2.45, 2.75) is 24.9 Å². The molecule has 0 amide bonds. The molecule has 1 fully saturated rings. The molecule has 18 heavy (non-hydrogen) atoms. The van der Waals surface area contributed by atoms with Crippen LogP contribution in [0.5, 0.6) is 0 Å². The van der Waals surface area contributed by atoms with Crippen LogP contribution in [-0.2, 0) is 22.8 Å². The Morgan fingerprint density at radius 1 is 1.50 bits per heavy atom. The molecule has 0 saturated carbocycles. The molecule has 2 aliphatic heterocycles. The number of fused-ring (bicyclic) bond motifs is 1. The third-order valence-electron chi connectivity index (χ3n) is 4.23. The van der Waals surface area contributed by atoms with E-state index < -0.39 is 9.84 Å². The highest BCUT2D eigenvalue weighted by molar-refractivity contribution is 7.91. The second kappa shape index (κ2) is 4.30. The smallest absolute Gasteiger partial charge is 0.152 e. The molecule has 4 nitrogen and oxygen atoms in total. The summed E-state index contributed by atoms with van der Waals surface area (Å²) in [7, 11) is -2.90. The zero-order valence-corrected chi connectivity index (χ0v) is 11.9. The van der Waals surface area contributed by atoms with Gasteiger partial charge in [0, 0.05) is 30.1 Å². The Morgan fingerprint density at radius 2 is 2.33 bits per heavy atom.